The summed E-state index contributed by atoms with van der Waals surface area (Å²) in [5, 5.41) is 34.9. The minimum absolute atomic E-state index is 0.0686. The first-order chi connectivity index (χ1) is 16.5. The van der Waals surface area contributed by atoms with Gasteiger partial charge in [0.1, 0.15) is 0 Å². The van der Waals surface area contributed by atoms with Crippen molar-refractivity contribution in [3.05, 3.63) is 88.8 Å². The Bertz CT molecular complexity index is 1560. The van der Waals surface area contributed by atoms with Crippen LogP contribution >= 0.6 is 0 Å². The Labute approximate surface area is 193 Å². The lowest BCUT2D eigenvalue weighted by molar-refractivity contribution is 0.0790. The molecule has 3 aromatic carbocycles. The number of fused-ring (bicyclic) bond motifs is 2. The van der Waals surface area contributed by atoms with Gasteiger partial charge >= 0.3 is 0 Å². The van der Waals surface area contributed by atoms with E-state index in [9.17, 15) is 14.7 Å². The predicted octanol–water partition coefficient (Wildman–Crippen LogP) is 2.55. The molecule has 0 aliphatic carbocycles. The summed E-state index contributed by atoms with van der Waals surface area (Å²) in [7, 11) is 0. The summed E-state index contributed by atoms with van der Waals surface area (Å²) in [4.78, 5) is 25.1. The standard InChI is InChI=1S/C25H21N5O4/c31-14-17(32)13-30-21-8-4-3-7-20(21)23(29-30)25(34)26-16-11-9-15(10-12-16)22-18-5-1-2-6-19(18)24(33)28-27-22/h1-12,17,31-32H,13-14H2,(H,26,34)(H,28,33). The fourth-order valence-electron chi connectivity index (χ4n) is 3.93. The summed E-state index contributed by atoms with van der Waals surface area (Å²) in [6.07, 6.45) is -0.982. The molecule has 9 heteroatoms. The molecule has 4 N–H and O–H groups in total. The lowest BCUT2D eigenvalue weighted by atomic mass is 10.0. The third-order valence-electron chi connectivity index (χ3n) is 5.58. The number of anilines is 1. The van der Waals surface area contributed by atoms with Crippen LogP contribution in [0.15, 0.2) is 77.6 Å². The van der Waals surface area contributed by atoms with Crippen molar-refractivity contribution in [1.82, 2.24) is 20.0 Å². The lowest BCUT2D eigenvalue weighted by Crippen LogP contribution is -2.21. The van der Waals surface area contributed by atoms with E-state index in [1.807, 2.05) is 36.4 Å². The number of rotatable bonds is 6. The zero-order valence-electron chi connectivity index (χ0n) is 18.0. The van der Waals surface area contributed by atoms with E-state index in [1.165, 1.54) is 4.68 Å². The van der Waals surface area contributed by atoms with Crippen molar-refractivity contribution in [3.63, 3.8) is 0 Å². The Balaban J connectivity index is 1.42. The number of aromatic nitrogens is 4. The molecule has 170 valence electrons. The van der Waals surface area contributed by atoms with Gasteiger partial charge in [-0.1, -0.05) is 48.5 Å². The number of nitrogens with one attached hydrogen (secondary N) is 2. The third-order valence-corrected chi connectivity index (χ3v) is 5.58. The molecule has 9 nitrogen and oxygen atoms in total. The van der Waals surface area contributed by atoms with Gasteiger partial charge < -0.3 is 15.5 Å². The van der Waals surface area contributed by atoms with Gasteiger partial charge in [-0.05, 0) is 24.3 Å². The molecule has 0 fully saturated rings. The quantitative estimate of drug-likeness (QED) is 0.311. The van der Waals surface area contributed by atoms with Crippen molar-refractivity contribution in [2.24, 2.45) is 0 Å². The van der Waals surface area contributed by atoms with Gasteiger partial charge in [0.2, 0.25) is 0 Å². The molecule has 1 unspecified atom stereocenters. The van der Waals surface area contributed by atoms with Gasteiger partial charge in [0.05, 0.1) is 35.9 Å². The largest absolute Gasteiger partial charge is 0.394 e. The summed E-state index contributed by atoms with van der Waals surface area (Å²) in [5.41, 5.74) is 2.65. The minimum Gasteiger partial charge on any atom is -0.394 e. The molecule has 5 aromatic rings. The molecule has 34 heavy (non-hydrogen) atoms. The number of amides is 1. The summed E-state index contributed by atoms with van der Waals surface area (Å²) in [6, 6.07) is 21.6. The summed E-state index contributed by atoms with van der Waals surface area (Å²) < 4.78 is 1.52. The monoisotopic (exact) mass is 455 g/mol. The molecule has 0 aliphatic rings. The van der Waals surface area contributed by atoms with Crippen LogP contribution in [0.3, 0.4) is 0 Å². The van der Waals surface area contributed by atoms with E-state index in [-0.39, 0.29) is 17.8 Å². The van der Waals surface area contributed by atoms with Crippen LogP contribution in [0.1, 0.15) is 10.5 Å². The summed E-state index contributed by atoms with van der Waals surface area (Å²) in [6.45, 7) is -0.333. The molecule has 5 rings (SSSR count). The highest BCUT2D eigenvalue weighted by atomic mass is 16.3. The van der Waals surface area contributed by atoms with Gasteiger partial charge in [0.25, 0.3) is 11.5 Å². The Kier molecular flexibility index (Phi) is 5.62. The van der Waals surface area contributed by atoms with E-state index in [4.69, 9.17) is 5.11 Å². The van der Waals surface area contributed by atoms with Gasteiger partial charge in [0.15, 0.2) is 5.69 Å². The Hall–Kier alpha value is -4.34. The van der Waals surface area contributed by atoms with Crippen LogP contribution in [0.2, 0.25) is 0 Å². The average Bonchev–Trinajstić information content (AvgIpc) is 3.23. The second-order valence-electron chi connectivity index (χ2n) is 7.86. The number of H-pyrrole nitrogens is 1. The number of benzene rings is 3. The number of carbonyl (C=O) groups excluding carboxylic acids is 1. The Morgan fingerprint density at radius 2 is 1.65 bits per heavy atom. The predicted molar refractivity (Wildman–Crippen MR) is 129 cm³/mol. The molecular weight excluding hydrogens is 434 g/mol. The first kappa shape index (κ1) is 21.5. The first-order valence-electron chi connectivity index (χ1n) is 10.7. The van der Waals surface area contributed by atoms with E-state index in [2.05, 4.69) is 20.6 Å². The molecule has 0 saturated heterocycles. The van der Waals surface area contributed by atoms with Crippen molar-refractivity contribution in [2.75, 3.05) is 11.9 Å². The molecule has 0 radical (unpaired) electrons. The van der Waals surface area contributed by atoms with E-state index >= 15 is 0 Å². The van der Waals surface area contributed by atoms with Gasteiger partial charge in [-0.3, -0.25) is 14.3 Å². The van der Waals surface area contributed by atoms with E-state index < -0.39 is 18.6 Å². The Morgan fingerprint density at radius 1 is 0.971 bits per heavy atom. The first-order valence-corrected chi connectivity index (χ1v) is 10.7. The zero-order chi connectivity index (χ0) is 23.7. The normalized spacial score (nSPS) is 12.2. The number of hydrogen-bond donors (Lipinski definition) is 4. The fourth-order valence-corrected chi connectivity index (χ4v) is 3.93. The second-order valence-corrected chi connectivity index (χ2v) is 7.86. The van der Waals surface area contributed by atoms with Crippen LogP contribution in [-0.2, 0) is 6.54 Å². The lowest BCUT2D eigenvalue weighted by Gasteiger charge is -2.08. The molecule has 0 saturated carbocycles. The fraction of sp³-hybridized carbons (Fsp3) is 0.120. The summed E-state index contributed by atoms with van der Waals surface area (Å²) in [5.74, 6) is -0.395. The van der Waals surface area contributed by atoms with Crippen LogP contribution in [0.4, 0.5) is 5.69 Å². The van der Waals surface area contributed by atoms with Gasteiger partial charge in [-0.2, -0.15) is 10.2 Å². The van der Waals surface area contributed by atoms with Crippen molar-refractivity contribution < 1.29 is 15.0 Å². The van der Waals surface area contributed by atoms with Gasteiger partial charge in [-0.15, -0.1) is 0 Å². The molecule has 0 bridgehead atoms. The maximum atomic E-state index is 13.0. The van der Waals surface area contributed by atoms with Gasteiger partial charge in [0, 0.05) is 22.0 Å². The van der Waals surface area contributed by atoms with Crippen molar-refractivity contribution in [1.29, 1.82) is 0 Å². The SMILES string of the molecule is O=C(Nc1ccc(-c2n[nH]c(=O)c3ccccc23)cc1)c1nn(CC(O)CO)c2ccccc12. The van der Waals surface area contributed by atoms with Gasteiger partial charge in [-0.25, -0.2) is 5.10 Å². The van der Waals surface area contributed by atoms with Crippen LogP contribution in [0.25, 0.3) is 32.9 Å². The topological polar surface area (TPSA) is 133 Å². The van der Waals surface area contributed by atoms with Crippen molar-refractivity contribution in [2.45, 2.75) is 12.6 Å². The molecule has 1 atom stereocenters. The van der Waals surface area contributed by atoms with Crippen LogP contribution in [0.5, 0.6) is 0 Å². The van der Waals surface area contributed by atoms with Crippen molar-refractivity contribution in [3.8, 4) is 11.3 Å². The van der Waals surface area contributed by atoms with Crippen LogP contribution in [0, 0.1) is 0 Å². The van der Waals surface area contributed by atoms with E-state index in [0.29, 0.717) is 27.7 Å². The molecule has 2 heterocycles. The molecule has 0 spiro atoms. The molecule has 0 aliphatic heterocycles. The van der Waals surface area contributed by atoms with E-state index in [0.717, 1.165) is 10.9 Å². The average molecular weight is 455 g/mol. The highest BCUT2D eigenvalue weighted by molar-refractivity contribution is 6.11. The van der Waals surface area contributed by atoms with Crippen molar-refractivity contribution >= 4 is 33.3 Å². The molecular formula is C25H21N5O4. The number of aliphatic hydroxyl groups is 2. The number of para-hydroxylation sites is 1. The Morgan fingerprint density at radius 3 is 2.38 bits per heavy atom. The number of nitrogens with zero attached hydrogens (tertiary/aromatic N) is 3. The summed E-state index contributed by atoms with van der Waals surface area (Å²) >= 11 is 0. The number of aliphatic hydroxyl groups excluding tert-OH is 2. The maximum absolute atomic E-state index is 13.0. The van der Waals surface area contributed by atoms with Crippen LogP contribution < -0.4 is 10.9 Å². The molecule has 1 amide bonds. The third kappa shape index (κ3) is 3.94. The van der Waals surface area contributed by atoms with E-state index in [1.54, 1.807) is 36.4 Å². The number of carbonyl (C=O) groups is 1. The smallest absolute Gasteiger partial charge is 0.276 e. The number of hydrogen-bond acceptors (Lipinski definition) is 6. The highest BCUT2D eigenvalue weighted by Gasteiger charge is 2.19. The van der Waals surface area contributed by atoms with Crippen LogP contribution in [-0.4, -0.2) is 48.8 Å². The second kappa shape index (κ2) is 8.89. The molecule has 2 aromatic heterocycles. The minimum atomic E-state index is -0.982. The maximum Gasteiger partial charge on any atom is 0.276 e. The number of aromatic amines is 1. The zero-order valence-corrected chi connectivity index (χ0v) is 18.0. The highest BCUT2D eigenvalue weighted by Crippen LogP contribution is 2.26.